The van der Waals surface area contributed by atoms with Crippen molar-refractivity contribution in [3.8, 4) is 0 Å². The van der Waals surface area contributed by atoms with Crippen LogP contribution in [0.25, 0.3) is 0 Å². The van der Waals surface area contributed by atoms with Crippen molar-refractivity contribution in [2.75, 3.05) is 13.2 Å². The van der Waals surface area contributed by atoms with Crippen LogP contribution in [0.2, 0.25) is 0 Å². The quantitative estimate of drug-likeness (QED) is 0.0346. The monoisotopic (exact) mass is 807 g/mol. The summed E-state index contributed by atoms with van der Waals surface area (Å²) in [5.41, 5.74) is 0. The first-order valence-electron chi connectivity index (χ1n) is 25.4. The molecule has 6 nitrogen and oxygen atoms in total. The summed E-state index contributed by atoms with van der Waals surface area (Å²) >= 11 is 0. The number of unbranched alkanes of at least 4 members (excludes halogenated alkanes) is 33. The second kappa shape index (κ2) is 45.5. The molecule has 0 aromatic rings. The number of hydrogen-bond donors (Lipinski definition) is 0. The molecule has 0 aliphatic carbocycles. The summed E-state index contributed by atoms with van der Waals surface area (Å²) in [4.78, 5) is 37.7. The highest BCUT2D eigenvalue weighted by Gasteiger charge is 2.19. The first-order valence-corrected chi connectivity index (χ1v) is 25.4. The van der Waals surface area contributed by atoms with Crippen LogP contribution in [-0.2, 0) is 28.6 Å². The highest BCUT2D eigenvalue weighted by Crippen LogP contribution is 2.17. The van der Waals surface area contributed by atoms with E-state index in [0.717, 1.165) is 63.7 Å². The Kier molecular flexibility index (Phi) is 44.2. The van der Waals surface area contributed by atoms with E-state index >= 15 is 0 Å². The van der Waals surface area contributed by atoms with Gasteiger partial charge in [-0.2, -0.15) is 0 Å². The SMILES string of the molecule is CCCCCCCCCCCCCCCCCCCCC(=O)OC[C@H](COC(=O)CCCCCCCCC)OC(=O)CCCCCCCCCCCCCC(C)C. The van der Waals surface area contributed by atoms with Crippen LogP contribution in [0.1, 0.15) is 285 Å². The smallest absolute Gasteiger partial charge is 0.306 e. The molecule has 0 aromatic carbocycles. The minimum absolute atomic E-state index is 0.0634. The molecule has 0 rings (SSSR count). The Morgan fingerprint density at radius 3 is 0.860 bits per heavy atom. The van der Waals surface area contributed by atoms with Crippen molar-refractivity contribution in [2.45, 2.75) is 291 Å². The fourth-order valence-electron chi connectivity index (χ4n) is 7.69. The van der Waals surface area contributed by atoms with E-state index < -0.39 is 6.10 Å². The molecule has 0 bridgehead atoms. The van der Waals surface area contributed by atoms with Gasteiger partial charge in [0, 0.05) is 19.3 Å². The average Bonchev–Trinajstić information content (AvgIpc) is 3.19. The van der Waals surface area contributed by atoms with Gasteiger partial charge in [0.25, 0.3) is 0 Å². The van der Waals surface area contributed by atoms with Crippen molar-refractivity contribution in [1.29, 1.82) is 0 Å². The third kappa shape index (κ3) is 45.3. The standard InChI is InChI=1S/C51H98O6/c1-5-7-9-11-13-14-15-16-17-18-19-20-21-24-27-31-35-39-43-50(53)56-46-48(45-55-49(52)42-38-34-29-12-10-8-6-2)57-51(54)44-40-36-32-28-25-22-23-26-30-33-37-41-47(3)4/h47-48H,5-46H2,1-4H3/t48-/m0/s1. The molecule has 0 heterocycles. The predicted octanol–water partition coefficient (Wildman–Crippen LogP) is 16.3. The number of carbonyl (C=O) groups is 3. The zero-order chi connectivity index (χ0) is 41.7. The average molecular weight is 807 g/mol. The lowest BCUT2D eigenvalue weighted by atomic mass is 10.0. The van der Waals surface area contributed by atoms with E-state index in [0.29, 0.717) is 19.3 Å². The molecular formula is C51H98O6. The fraction of sp³-hybridized carbons (Fsp3) is 0.941. The highest BCUT2D eigenvalue weighted by atomic mass is 16.6. The maximum Gasteiger partial charge on any atom is 0.306 e. The molecule has 0 saturated heterocycles. The Balaban J connectivity index is 4.18. The van der Waals surface area contributed by atoms with Crippen LogP contribution in [0.5, 0.6) is 0 Å². The van der Waals surface area contributed by atoms with Gasteiger partial charge in [-0.15, -0.1) is 0 Å². The summed E-state index contributed by atoms with van der Waals surface area (Å²) in [5, 5.41) is 0. The van der Waals surface area contributed by atoms with Crippen molar-refractivity contribution in [1.82, 2.24) is 0 Å². The molecule has 1 atom stereocenters. The van der Waals surface area contributed by atoms with Gasteiger partial charge in [-0.05, 0) is 25.2 Å². The van der Waals surface area contributed by atoms with Gasteiger partial charge in [-0.25, -0.2) is 0 Å². The van der Waals surface area contributed by atoms with Crippen LogP contribution in [0.4, 0.5) is 0 Å². The van der Waals surface area contributed by atoms with Crippen LogP contribution in [-0.4, -0.2) is 37.2 Å². The number of hydrogen-bond acceptors (Lipinski definition) is 6. The Morgan fingerprint density at radius 1 is 0.333 bits per heavy atom. The summed E-state index contributed by atoms with van der Waals surface area (Å²) < 4.78 is 16.7. The summed E-state index contributed by atoms with van der Waals surface area (Å²) in [7, 11) is 0. The third-order valence-corrected chi connectivity index (χ3v) is 11.5. The van der Waals surface area contributed by atoms with Gasteiger partial charge in [0.05, 0.1) is 0 Å². The van der Waals surface area contributed by atoms with E-state index in [2.05, 4.69) is 27.7 Å². The van der Waals surface area contributed by atoms with E-state index in [1.165, 1.54) is 180 Å². The van der Waals surface area contributed by atoms with Crippen LogP contribution < -0.4 is 0 Å². The number of rotatable bonds is 46. The molecule has 0 aromatic heterocycles. The molecular weight excluding hydrogens is 709 g/mol. The Bertz CT molecular complexity index is 857. The van der Waals surface area contributed by atoms with E-state index in [-0.39, 0.29) is 31.1 Å². The molecule has 0 unspecified atom stereocenters. The summed E-state index contributed by atoms with van der Waals surface area (Å²) in [6.07, 6.45) is 46.7. The van der Waals surface area contributed by atoms with Crippen LogP contribution in [0.15, 0.2) is 0 Å². The molecule has 0 saturated carbocycles. The van der Waals surface area contributed by atoms with Gasteiger partial charge in [0.15, 0.2) is 6.10 Å². The van der Waals surface area contributed by atoms with Crippen LogP contribution >= 0.6 is 0 Å². The molecule has 0 amide bonds. The Morgan fingerprint density at radius 2 is 0.579 bits per heavy atom. The van der Waals surface area contributed by atoms with Crippen LogP contribution in [0, 0.1) is 5.92 Å². The molecule has 0 radical (unpaired) electrons. The number of carbonyl (C=O) groups excluding carboxylic acids is 3. The largest absolute Gasteiger partial charge is 0.462 e. The van der Waals surface area contributed by atoms with Crippen molar-refractivity contribution in [3.05, 3.63) is 0 Å². The van der Waals surface area contributed by atoms with Crippen molar-refractivity contribution >= 4 is 17.9 Å². The van der Waals surface area contributed by atoms with Crippen LogP contribution in [0.3, 0.4) is 0 Å². The summed E-state index contributed by atoms with van der Waals surface area (Å²) in [6.45, 7) is 8.98. The lowest BCUT2D eigenvalue weighted by molar-refractivity contribution is -0.167. The lowest BCUT2D eigenvalue weighted by Gasteiger charge is -2.18. The molecule has 57 heavy (non-hydrogen) atoms. The van der Waals surface area contributed by atoms with E-state index in [1.54, 1.807) is 0 Å². The molecule has 0 fully saturated rings. The van der Waals surface area contributed by atoms with Gasteiger partial charge >= 0.3 is 17.9 Å². The summed E-state index contributed by atoms with van der Waals surface area (Å²) in [5.74, 6) is -0.0286. The minimum atomic E-state index is -0.759. The van der Waals surface area contributed by atoms with Gasteiger partial charge in [0.2, 0.25) is 0 Å². The van der Waals surface area contributed by atoms with E-state index in [1.807, 2.05) is 0 Å². The topological polar surface area (TPSA) is 78.9 Å². The summed E-state index contributed by atoms with van der Waals surface area (Å²) in [6, 6.07) is 0. The van der Waals surface area contributed by atoms with E-state index in [4.69, 9.17) is 14.2 Å². The first-order chi connectivity index (χ1) is 27.9. The number of ether oxygens (including phenoxy) is 3. The zero-order valence-corrected chi connectivity index (χ0v) is 38.8. The molecule has 6 heteroatoms. The Labute approximate surface area is 355 Å². The molecule has 338 valence electrons. The highest BCUT2D eigenvalue weighted by molar-refractivity contribution is 5.71. The van der Waals surface area contributed by atoms with Crippen molar-refractivity contribution < 1.29 is 28.6 Å². The Hall–Kier alpha value is -1.59. The molecule has 0 aliphatic rings. The lowest BCUT2D eigenvalue weighted by Crippen LogP contribution is -2.30. The van der Waals surface area contributed by atoms with Gasteiger partial charge in [-0.1, -0.05) is 246 Å². The van der Waals surface area contributed by atoms with Crippen molar-refractivity contribution in [3.63, 3.8) is 0 Å². The second-order valence-corrected chi connectivity index (χ2v) is 17.9. The first kappa shape index (κ1) is 55.4. The fourth-order valence-corrected chi connectivity index (χ4v) is 7.69. The van der Waals surface area contributed by atoms with Crippen molar-refractivity contribution in [2.24, 2.45) is 5.92 Å². The van der Waals surface area contributed by atoms with Gasteiger partial charge in [-0.3, -0.25) is 14.4 Å². The maximum atomic E-state index is 12.7. The second-order valence-electron chi connectivity index (χ2n) is 17.9. The predicted molar refractivity (Wildman–Crippen MR) is 243 cm³/mol. The van der Waals surface area contributed by atoms with Gasteiger partial charge in [0.1, 0.15) is 13.2 Å². The maximum absolute atomic E-state index is 12.7. The normalized spacial score (nSPS) is 11.9. The molecule has 0 aliphatic heterocycles. The van der Waals surface area contributed by atoms with Gasteiger partial charge < -0.3 is 14.2 Å². The molecule has 0 N–H and O–H groups in total. The van der Waals surface area contributed by atoms with E-state index in [9.17, 15) is 14.4 Å². The number of esters is 3. The molecule has 0 spiro atoms. The zero-order valence-electron chi connectivity index (χ0n) is 38.8. The minimum Gasteiger partial charge on any atom is -0.462 e. The third-order valence-electron chi connectivity index (χ3n) is 11.5.